The van der Waals surface area contributed by atoms with Gasteiger partial charge in [0.05, 0.1) is 16.9 Å². The van der Waals surface area contributed by atoms with Gasteiger partial charge < -0.3 is 4.74 Å². The Morgan fingerprint density at radius 2 is 1.79 bits per heavy atom. The summed E-state index contributed by atoms with van der Waals surface area (Å²) in [6, 6.07) is 8.55. The van der Waals surface area contributed by atoms with E-state index in [1.807, 2.05) is 6.92 Å². The summed E-state index contributed by atoms with van der Waals surface area (Å²) < 4.78 is 28.3. The van der Waals surface area contributed by atoms with E-state index in [0.717, 1.165) is 24.8 Å². The van der Waals surface area contributed by atoms with Gasteiger partial charge in [0.1, 0.15) is 5.56 Å². The smallest absolute Gasteiger partial charge is 0.344 e. The lowest BCUT2D eigenvalue weighted by Gasteiger charge is -2.11. The Bertz CT molecular complexity index is 920. The van der Waals surface area contributed by atoms with Gasteiger partial charge in [-0.2, -0.15) is 0 Å². The molecule has 0 fully saturated rings. The quantitative estimate of drug-likeness (QED) is 0.510. The zero-order valence-corrected chi connectivity index (χ0v) is 13.7. The molecule has 0 aliphatic heterocycles. The van der Waals surface area contributed by atoms with Crippen LogP contribution in [0, 0.1) is 17.0 Å². The van der Waals surface area contributed by atoms with E-state index in [9.17, 15) is 23.3 Å². The van der Waals surface area contributed by atoms with E-state index < -0.39 is 37.1 Å². The molecule has 2 rings (SSSR count). The summed E-state index contributed by atoms with van der Waals surface area (Å²) in [6.07, 6.45) is 0. The highest BCUT2D eigenvalue weighted by atomic mass is 32.2. The molecule has 0 aliphatic carbocycles. The Hall–Kier alpha value is -2.78. The number of benzene rings is 2. The van der Waals surface area contributed by atoms with Crippen molar-refractivity contribution in [1.82, 2.24) is 0 Å². The van der Waals surface area contributed by atoms with E-state index in [1.165, 1.54) is 0 Å². The van der Waals surface area contributed by atoms with Crippen LogP contribution in [0.1, 0.15) is 15.9 Å². The molecule has 2 aromatic rings. The molecule has 0 spiro atoms. The number of methoxy groups -OCH3 is 1. The average molecular weight is 350 g/mol. The summed E-state index contributed by atoms with van der Waals surface area (Å²) in [6.45, 7) is 1.84. The summed E-state index contributed by atoms with van der Waals surface area (Å²) >= 11 is 0. The molecule has 2 aromatic carbocycles. The van der Waals surface area contributed by atoms with Gasteiger partial charge in [-0.15, -0.1) is 0 Å². The molecule has 0 atom stereocenters. The van der Waals surface area contributed by atoms with E-state index in [1.54, 1.807) is 24.3 Å². The molecule has 0 heterocycles. The van der Waals surface area contributed by atoms with Gasteiger partial charge in [-0.05, 0) is 18.6 Å². The molecular formula is C15H14N2O6S. The Balaban J connectivity index is 2.87. The van der Waals surface area contributed by atoms with Crippen LogP contribution >= 0.6 is 0 Å². The van der Waals surface area contributed by atoms with Gasteiger partial charge in [0.15, 0.2) is 0 Å². The zero-order chi connectivity index (χ0) is 18.1. The van der Waals surface area contributed by atoms with Crippen molar-refractivity contribution in [3.8, 4) is 11.1 Å². The topological polar surface area (TPSA) is 130 Å². The first kappa shape index (κ1) is 17.6. The minimum atomic E-state index is -4.23. The lowest BCUT2D eigenvalue weighted by atomic mass is 10.0. The molecule has 0 bridgehead atoms. The summed E-state index contributed by atoms with van der Waals surface area (Å²) in [4.78, 5) is 21.8. The molecule has 0 saturated carbocycles. The molecule has 0 unspecified atom stereocenters. The number of hydrogen-bond donors (Lipinski definition) is 1. The number of nitrogens with zero attached hydrogens (tertiary/aromatic N) is 1. The SMILES string of the molecule is COC(=O)c1cc(S(N)(=O)=O)c(-c2ccc(C)cc2)cc1[N+](=O)[O-]. The van der Waals surface area contributed by atoms with Gasteiger partial charge in [0.2, 0.25) is 10.0 Å². The van der Waals surface area contributed by atoms with E-state index in [4.69, 9.17) is 5.14 Å². The zero-order valence-electron chi connectivity index (χ0n) is 12.8. The molecule has 0 aromatic heterocycles. The largest absolute Gasteiger partial charge is 0.465 e. The van der Waals surface area contributed by atoms with Crippen LogP contribution in [-0.4, -0.2) is 26.4 Å². The third kappa shape index (κ3) is 3.42. The Morgan fingerprint density at radius 3 is 2.25 bits per heavy atom. The molecule has 8 nitrogen and oxygen atoms in total. The minimum Gasteiger partial charge on any atom is -0.465 e. The monoisotopic (exact) mass is 350 g/mol. The van der Waals surface area contributed by atoms with Crippen molar-refractivity contribution in [2.24, 2.45) is 5.14 Å². The number of primary sulfonamides is 1. The van der Waals surface area contributed by atoms with Crippen molar-refractivity contribution in [1.29, 1.82) is 0 Å². The predicted molar refractivity (Wildman–Crippen MR) is 86.0 cm³/mol. The lowest BCUT2D eigenvalue weighted by molar-refractivity contribution is -0.385. The number of nitro groups is 1. The standard InChI is InChI=1S/C15H14N2O6S/c1-9-3-5-10(6-4-9)11-7-13(17(19)20)12(15(18)23-2)8-14(11)24(16,21)22/h3-8H,1-2H3,(H2,16,21,22). The highest BCUT2D eigenvalue weighted by Gasteiger charge is 2.28. The van der Waals surface area contributed by atoms with Crippen LogP contribution in [-0.2, 0) is 14.8 Å². The van der Waals surface area contributed by atoms with Crippen molar-refractivity contribution < 1.29 is 22.9 Å². The first-order valence-electron chi connectivity index (χ1n) is 6.65. The van der Waals surface area contributed by atoms with Crippen molar-refractivity contribution in [2.45, 2.75) is 11.8 Å². The second-order valence-corrected chi connectivity index (χ2v) is 6.56. The van der Waals surface area contributed by atoms with Crippen molar-refractivity contribution >= 4 is 21.7 Å². The summed E-state index contributed by atoms with van der Waals surface area (Å²) in [5.74, 6) is -1.03. The number of esters is 1. The predicted octanol–water partition coefficient (Wildman–Crippen LogP) is 2.00. The van der Waals surface area contributed by atoms with E-state index >= 15 is 0 Å². The fourth-order valence-corrected chi connectivity index (χ4v) is 2.95. The number of sulfonamides is 1. The van der Waals surface area contributed by atoms with E-state index in [-0.39, 0.29) is 5.56 Å². The van der Waals surface area contributed by atoms with Gasteiger partial charge in [0.25, 0.3) is 5.69 Å². The summed E-state index contributed by atoms with van der Waals surface area (Å²) in [5.41, 5.74) is 0.338. The number of carbonyl (C=O) groups excluding carboxylic acids is 1. The van der Waals surface area contributed by atoms with Gasteiger partial charge >= 0.3 is 5.97 Å². The maximum Gasteiger partial charge on any atom is 0.344 e. The molecule has 2 N–H and O–H groups in total. The maximum atomic E-state index is 11.9. The average Bonchev–Trinajstić information content (AvgIpc) is 2.52. The lowest BCUT2D eigenvalue weighted by Crippen LogP contribution is -2.16. The number of hydrogen-bond acceptors (Lipinski definition) is 6. The first-order valence-corrected chi connectivity index (χ1v) is 8.20. The highest BCUT2D eigenvalue weighted by Crippen LogP contribution is 2.33. The molecule has 9 heteroatoms. The van der Waals surface area contributed by atoms with Crippen LogP contribution in [0.3, 0.4) is 0 Å². The van der Waals surface area contributed by atoms with Gasteiger partial charge in [-0.25, -0.2) is 18.4 Å². The Labute approximate surface area is 138 Å². The van der Waals surface area contributed by atoms with Gasteiger partial charge in [-0.3, -0.25) is 10.1 Å². The second-order valence-electron chi connectivity index (χ2n) is 5.03. The van der Waals surface area contributed by atoms with Gasteiger partial charge in [-0.1, -0.05) is 29.8 Å². The van der Waals surface area contributed by atoms with Crippen LogP contribution < -0.4 is 5.14 Å². The Kier molecular flexibility index (Phi) is 4.67. The van der Waals surface area contributed by atoms with Crippen LogP contribution in [0.25, 0.3) is 11.1 Å². The summed E-state index contributed by atoms with van der Waals surface area (Å²) in [5, 5.41) is 16.5. The molecule has 0 amide bonds. The van der Waals surface area contributed by atoms with Crippen molar-refractivity contribution in [3.05, 3.63) is 57.6 Å². The third-order valence-electron chi connectivity index (χ3n) is 3.37. The number of nitro benzene ring substituents is 1. The number of nitrogens with two attached hydrogens (primary N) is 1. The third-order valence-corrected chi connectivity index (χ3v) is 4.32. The fourth-order valence-electron chi connectivity index (χ4n) is 2.19. The number of rotatable bonds is 4. The minimum absolute atomic E-state index is 0.0388. The number of aryl methyl sites for hydroxylation is 1. The van der Waals surface area contributed by atoms with Crippen LogP contribution in [0.15, 0.2) is 41.3 Å². The Morgan fingerprint density at radius 1 is 1.21 bits per heavy atom. The highest BCUT2D eigenvalue weighted by molar-refractivity contribution is 7.89. The van der Waals surface area contributed by atoms with E-state index in [2.05, 4.69) is 4.74 Å². The molecular weight excluding hydrogens is 336 g/mol. The fraction of sp³-hybridized carbons (Fsp3) is 0.133. The number of carbonyl (C=O) groups is 1. The van der Waals surface area contributed by atoms with Crippen molar-refractivity contribution in [3.63, 3.8) is 0 Å². The van der Waals surface area contributed by atoms with Crippen LogP contribution in [0.2, 0.25) is 0 Å². The van der Waals surface area contributed by atoms with Gasteiger partial charge in [0, 0.05) is 11.6 Å². The molecule has 24 heavy (non-hydrogen) atoms. The number of ether oxygens (including phenoxy) is 1. The normalized spacial score (nSPS) is 11.1. The molecule has 126 valence electrons. The first-order chi connectivity index (χ1) is 11.1. The maximum absolute atomic E-state index is 11.9. The van der Waals surface area contributed by atoms with Crippen LogP contribution in [0.4, 0.5) is 5.69 Å². The van der Waals surface area contributed by atoms with Crippen LogP contribution in [0.5, 0.6) is 0 Å². The second kappa shape index (κ2) is 6.38. The molecule has 0 radical (unpaired) electrons. The summed E-state index contributed by atoms with van der Waals surface area (Å²) in [7, 11) is -3.19. The van der Waals surface area contributed by atoms with E-state index in [0.29, 0.717) is 5.56 Å². The van der Waals surface area contributed by atoms with Crippen molar-refractivity contribution in [2.75, 3.05) is 7.11 Å². The molecule has 0 saturated heterocycles. The molecule has 0 aliphatic rings.